The predicted octanol–water partition coefficient (Wildman–Crippen LogP) is 2.25. The molecular weight excluding hydrogens is 230 g/mol. The molecule has 0 bridgehead atoms. The van der Waals surface area contributed by atoms with Gasteiger partial charge in [0.2, 0.25) is 0 Å². The number of benzene rings is 1. The molecule has 1 aliphatic rings. The lowest BCUT2D eigenvalue weighted by Crippen LogP contribution is -2.32. The van der Waals surface area contributed by atoms with Crippen molar-refractivity contribution in [3.05, 3.63) is 23.8 Å². The maximum absolute atomic E-state index is 10.2. The molecule has 1 aromatic carbocycles. The van der Waals surface area contributed by atoms with Crippen molar-refractivity contribution < 1.29 is 14.6 Å². The second-order valence-corrected chi connectivity index (χ2v) is 4.70. The van der Waals surface area contributed by atoms with Crippen LogP contribution in [0.3, 0.4) is 0 Å². The molecule has 4 nitrogen and oxygen atoms in total. The fourth-order valence-electron chi connectivity index (χ4n) is 2.25. The van der Waals surface area contributed by atoms with E-state index in [1.165, 1.54) is 7.11 Å². The summed E-state index contributed by atoms with van der Waals surface area (Å²) in [5.74, 6) is 1.09. The van der Waals surface area contributed by atoms with Crippen LogP contribution in [0.25, 0.3) is 0 Å². The molecule has 1 fully saturated rings. The van der Waals surface area contributed by atoms with Crippen molar-refractivity contribution in [2.75, 3.05) is 13.7 Å². The van der Waals surface area contributed by atoms with Crippen LogP contribution >= 0.6 is 0 Å². The number of ether oxygens (including phenoxy) is 2. The van der Waals surface area contributed by atoms with Crippen LogP contribution in [0.1, 0.15) is 31.2 Å². The third-order valence-electron chi connectivity index (χ3n) is 3.32. The normalized spacial score (nSPS) is 17.2. The first kappa shape index (κ1) is 12.7. The smallest absolute Gasteiger partial charge is 0.162 e. The third kappa shape index (κ3) is 2.74. The molecule has 0 saturated heterocycles. The van der Waals surface area contributed by atoms with Crippen LogP contribution in [0, 0.1) is 11.3 Å². The van der Waals surface area contributed by atoms with Gasteiger partial charge in [-0.25, -0.2) is 0 Å². The van der Waals surface area contributed by atoms with Crippen LogP contribution in [0.15, 0.2) is 18.2 Å². The van der Waals surface area contributed by atoms with Crippen molar-refractivity contribution in [3.63, 3.8) is 0 Å². The Labute approximate surface area is 107 Å². The first-order valence-electron chi connectivity index (χ1n) is 6.10. The largest absolute Gasteiger partial charge is 0.493 e. The Hall–Kier alpha value is -1.73. The molecule has 2 rings (SSSR count). The van der Waals surface area contributed by atoms with Gasteiger partial charge in [0.25, 0.3) is 0 Å². The molecule has 1 aromatic rings. The summed E-state index contributed by atoms with van der Waals surface area (Å²) in [6.07, 6.45) is 3.66. The second-order valence-electron chi connectivity index (χ2n) is 4.70. The summed E-state index contributed by atoms with van der Waals surface area (Å²) in [6.45, 7) is 0.273. The van der Waals surface area contributed by atoms with Gasteiger partial charge in [-0.3, -0.25) is 0 Å². The summed E-state index contributed by atoms with van der Waals surface area (Å²) < 4.78 is 10.8. The zero-order valence-electron chi connectivity index (χ0n) is 10.5. The third-order valence-corrected chi connectivity index (χ3v) is 3.32. The minimum Gasteiger partial charge on any atom is -0.493 e. The molecule has 0 spiro atoms. The van der Waals surface area contributed by atoms with E-state index in [0.29, 0.717) is 17.1 Å². The topological polar surface area (TPSA) is 62.5 Å². The van der Waals surface area contributed by atoms with Crippen molar-refractivity contribution in [3.8, 4) is 17.6 Å². The molecule has 96 valence electrons. The van der Waals surface area contributed by atoms with Crippen LogP contribution in [0.2, 0.25) is 0 Å². The van der Waals surface area contributed by atoms with E-state index in [4.69, 9.17) is 14.7 Å². The Balaban J connectivity index is 2.07. The molecule has 0 heterocycles. The van der Waals surface area contributed by atoms with Gasteiger partial charge in [-0.2, -0.15) is 5.26 Å². The van der Waals surface area contributed by atoms with Crippen molar-refractivity contribution >= 4 is 0 Å². The highest BCUT2D eigenvalue weighted by atomic mass is 16.5. The zero-order chi connectivity index (χ0) is 13.0. The van der Waals surface area contributed by atoms with E-state index in [1.807, 2.05) is 6.07 Å². The summed E-state index contributed by atoms with van der Waals surface area (Å²) in [5.41, 5.74) is -0.183. The minimum absolute atomic E-state index is 0.273. The van der Waals surface area contributed by atoms with E-state index in [0.717, 1.165) is 25.7 Å². The zero-order valence-corrected chi connectivity index (χ0v) is 10.5. The highest BCUT2D eigenvalue weighted by molar-refractivity contribution is 5.46. The van der Waals surface area contributed by atoms with Crippen LogP contribution in [0.4, 0.5) is 0 Å². The Bertz CT molecular complexity index is 459. The minimum atomic E-state index is -0.709. The molecule has 1 N–H and O–H groups in total. The molecule has 0 radical (unpaired) electrons. The lowest BCUT2D eigenvalue weighted by atomic mass is 10.0. The Morgan fingerprint density at radius 1 is 1.33 bits per heavy atom. The molecule has 1 saturated carbocycles. The van der Waals surface area contributed by atoms with E-state index in [2.05, 4.69) is 0 Å². The van der Waals surface area contributed by atoms with Crippen LogP contribution in [-0.2, 0) is 0 Å². The summed E-state index contributed by atoms with van der Waals surface area (Å²) >= 11 is 0. The summed E-state index contributed by atoms with van der Waals surface area (Å²) in [7, 11) is 1.54. The van der Waals surface area contributed by atoms with Gasteiger partial charge in [-0.15, -0.1) is 0 Å². The van der Waals surface area contributed by atoms with E-state index >= 15 is 0 Å². The maximum Gasteiger partial charge on any atom is 0.162 e. The lowest BCUT2D eigenvalue weighted by molar-refractivity contribution is 0.000735. The maximum atomic E-state index is 10.2. The van der Waals surface area contributed by atoms with Crippen molar-refractivity contribution in [2.45, 2.75) is 31.3 Å². The predicted molar refractivity (Wildman–Crippen MR) is 66.6 cm³/mol. The second kappa shape index (κ2) is 5.28. The van der Waals surface area contributed by atoms with E-state index in [9.17, 15) is 5.11 Å². The molecular formula is C14H17NO3. The van der Waals surface area contributed by atoms with Crippen LogP contribution < -0.4 is 9.47 Å². The van der Waals surface area contributed by atoms with Gasteiger partial charge in [-0.05, 0) is 25.0 Å². The Morgan fingerprint density at radius 2 is 2.06 bits per heavy atom. The average Bonchev–Trinajstić information content (AvgIpc) is 2.83. The lowest BCUT2D eigenvalue weighted by Gasteiger charge is -2.22. The highest BCUT2D eigenvalue weighted by Crippen LogP contribution is 2.33. The molecule has 0 unspecified atom stereocenters. The van der Waals surface area contributed by atoms with Gasteiger partial charge >= 0.3 is 0 Å². The molecule has 0 aliphatic heterocycles. The molecule has 0 amide bonds. The summed E-state index contributed by atoms with van der Waals surface area (Å²) in [5, 5.41) is 19.0. The fraction of sp³-hybridized carbons (Fsp3) is 0.500. The van der Waals surface area contributed by atoms with Gasteiger partial charge in [0.05, 0.1) is 24.3 Å². The number of nitriles is 1. The number of methoxy groups -OCH3 is 1. The Morgan fingerprint density at radius 3 is 2.67 bits per heavy atom. The van der Waals surface area contributed by atoms with E-state index in [1.54, 1.807) is 18.2 Å². The monoisotopic (exact) mass is 247 g/mol. The highest BCUT2D eigenvalue weighted by Gasteiger charge is 2.32. The average molecular weight is 247 g/mol. The number of aliphatic hydroxyl groups is 1. The number of rotatable bonds is 4. The number of nitrogens with zero attached hydrogens (tertiary/aromatic N) is 1. The first-order valence-corrected chi connectivity index (χ1v) is 6.10. The van der Waals surface area contributed by atoms with Crippen molar-refractivity contribution in [1.82, 2.24) is 0 Å². The molecule has 1 aliphatic carbocycles. The SMILES string of the molecule is COc1cc(C#N)ccc1OCC1(O)CCCC1. The quantitative estimate of drug-likeness (QED) is 0.886. The van der Waals surface area contributed by atoms with Gasteiger partial charge < -0.3 is 14.6 Å². The first-order chi connectivity index (χ1) is 8.67. The van der Waals surface area contributed by atoms with Crippen LogP contribution in [0.5, 0.6) is 11.5 Å². The van der Waals surface area contributed by atoms with Crippen molar-refractivity contribution in [2.24, 2.45) is 0 Å². The summed E-state index contributed by atoms with van der Waals surface area (Å²) in [6, 6.07) is 7.06. The molecule has 18 heavy (non-hydrogen) atoms. The summed E-state index contributed by atoms with van der Waals surface area (Å²) in [4.78, 5) is 0. The molecule has 0 atom stereocenters. The van der Waals surface area contributed by atoms with E-state index < -0.39 is 5.60 Å². The standard InChI is InChI=1S/C14H17NO3/c1-17-13-8-11(9-15)4-5-12(13)18-10-14(16)6-2-3-7-14/h4-5,8,16H,2-3,6-7,10H2,1H3. The van der Waals surface area contributed by atoms with Gasteiger partial charge in [0.15, 0.2) is 11.5 Å². The molecule has 0 aromatic heterocycles. The van der Waals surface area contributed by atoms with Crippen molar-refractivity contribution in [1.29, 1.82) is 5.26 Å². The van der Waals surface area contributed by atoms with Gasteiger partial charge in [0.1, 0.15) is 6.61 Å². The van der Waals surface area contributed by atoms with Crippen LogP contribution in [-0.4, -0.2) is 24.4 Å². The van der Waals surface area contributed by atoms with Gasteiger partial charge in [0, 0.05) is 6.07 Å². The molecule has 4 heteroatoms. The number of hydrogen-bond donors (Lipinski definition) is 1. The van der Waals surface area contributed by atoms with Gasteiger partial charge in [-0.1, -0.05) is 12.8 Å². The Kier molecular flexibility index (Phi) is 3.73. The van der Waals surface area contributed by atoms with E-state index in [-0.39, 0.29) is 6.61 Å². The fourth-order valence-corrected chi connectivity index (χ4v) is 2.25. The number of hydrogen-bond acceptors (Lipinski definition) is 4.